The van der Waals surface area contributed by atoms with E-state index >= 15 is 0 Å². The van der Waals surface area contributed by atoms with E-state index in [9.17, 15) is 0 Å². The lowest BCUT2D eigenvalue weighted by Gasteiger charge is -2.24. The van der Waals surface area contributed by atoms with Gasteiger partial charge in [-0.3, -0.25) is 0 Å². The van der Waals surface area contributed by atoms with Gasteiger partial charge in [0.05, 0.1) is 0 Å². The quantitative estimate of drug-likeness (QED) is 0.164. The average Bonchev–Trinajstić information content (AvgIpc) is 3.84. The minimum Gasteiger partial charge on any atom is -0.0622 e. The van der Waals surface area contributed by atoms with Gasteiger partial charge in [-0.25, -0.2) is 0 Å². The van der Waals surface area contributed by atoms with Crippen molar-refractivity contribution in [3.05, 3.63) is 229 Å². The van der Waals surface area contributed by atoms with Crippen LogP contribution in [0.25, 0.3) is 110 Å². The first-order valence-electron chi connectivity index (χ1n) is 21.2. The first-order chi connectivity index (χ1) is 29.8. The van der Waals surface area contributed by atoms with E-state index in [-0.39, 0.29) is 0 Å². The first kappa shape index (κ1) is 33.4. The van der Waals surface area contributed by atoms with Gasteiger partial charge in [0, 0.05) is 0 Å². The highest BCUT2D eigenvalue weighted by Gasteiger charge is 2.35. The summed E-state index contributed by atoms with van der Waals surface area (Å²) in [5.41, 5.74) is 24.1. The van der Waals surface area contributed by atoms with Gasteiger partial charge in [-0.05, 0) is 145 Å². The maximum atomic E-state index is 2.44. The molecule has 10 aromatic rings. The SMILES string of the molecule is c1ccc(C2=C3C(=C(c4ccccc4)CC2)c2ccc(-c4ccc5c6c(cccc46)-c4c-5c(-c5ccccc5)c5ccccc5c4-c4ccccc4)c4cccc3c24)cc1. The molecule has 60 heavy (non-hydrogen) atoms. The van der Waals surface area contributed by atoms with Crippen LogP contribution in [-0.4, -0.2) is 0 Å². The Morgan fingerprint density at radius 2 is 0.550 bits per heavy atom. The van der Waals surface area contributed by atoms with Crippen LogP contribution in [0.4, 0.5) is 0 Å². The smallest absolute Gasteiger partial charge is 0.000741 e. The van der Waals surface area contributed by atoms with Crippen LogP contribution in [0.15, 0.2) is 206 Å². The maximum Gasteiger partial charge on any atom is -0.000741 e. The molecule has 0 saturated heterocycles. The fourth-order valence-corrected chi connectivity index (χ4v) is 11.2. The van der Waals surface area contributed by atoms with Crippen LogP contribution < -0.4 is 0 Å². The molecule has 0 aliphatic heterocycles. The van der Waals surface area contributed by atoms with Gasteiger partial charge in [0.1, 0.15) is 0 Å². The van der Waals surface area contributed by atoms with E-state index in [2.05, 4.69) is 206 Å². The molecule has 0 atom stereocenters. The molecule has 0 nitrogen and oxygen atoms in total. The molecular weight excluding hydrogens is 721 g/mol. The molecule has 0 spiro atoms. The third-order valence-electron chi connectivity index (χ3n) is 13.5. The zero-order chi connectivity index (χ0) is 39.3. The predicted molar refractivity (Wildman–Crippen MR) is 255 cm³/mol. The number of fused-ring (bicyclic) bond motifs is 7. The van der Waals surface area contributed by atoms with Crippen LogP contribution in [0.5, 0.6) is 0 Å². The lowest BCUT2D eigenvalue weighted by molar-refractivity contribution is 1.08. The van der Waals surface area contributed by atoms with Gasteiger partial charge in [0.2, 0.25) is 0 Å². The topological polar surface area (TPSA) is 0 Å². The molecule has 0 aromatic heterocycles. The van der Waals surface area contributed by atoms with Crippen molar-refractivity contribution < 1.29 is 0 Å². The molecule has 0 bridgehead atoms. The Labute approximate surface area is 350 Å². The summed E-state index contributed by atoms with van der Waals surface area (Å²) >= 11 is 0. The van der Waals surface area contributed by atoms with E-state index < -0.39 is 0 Å². The largest absolute Gasteiger partial charge is 0.0622 e. The summed E-state index contributed by atoms with van der Waals surface area (Å²) in [4.78, 5) is 0. The highest BCUT2D eigenvalue weighted by Crippen LogP contribution is 2.60. The Bertz CT molecular complexity index is 3320. The Balaban J connectivity index is 1.10. The molecule has 3 aliphatic carbocycles. The van der Waals surface area contributed by atoms with Crippen LogP contribution in [-0.2, 0) is 0 Å². The van der Waals surface area contributed by atoms with Gasteiger partial charge in [0.15, 0.2) is 0 Å². The van der Waals surface area contributed by atoms with E-state index in [1.54, 1.807) is 0 Å². The zero-order valence-corrected chi connectivity index (χ0v) is 33.0. The number of allylic oxidation sites excluding steroid dienone is 4. The highest BCUT2D eigenvalue weighted by atomic mass is 14.4. The van der Waals surface area contributed by atoms with E-state index in [0.717, 1.165) is 12.8 Å². The van der Waals surface area contributed by atoms with Crippen LogP contribution in [0.3, 0.4) is 0 Å². The van der Waals surface area contributed by atoms with Crippen molar-refractivity contribution in [3.8, 4) is 55.6 Å². The Morgan fingerprint density at radius 1 is 0.217 bits per heavy atom. The number of hydrogen-bond donors (Lipinski definition) is 0. The van der Waals surface area contributed by atoms with Gasteiger partial charge in [-0.15, -0.1) is 0 Å². The van der Waals surface area contributed by atoms with Crippen molar-refractivity contribution >= 4 is 54.6 Å². The van der Waals surface area contributed by atoms with Crippen LogP contribution >= 0.6 is 0 Å². The first-order valence-corrected chi connectivity index (χ1v) is 21.2. The van der Waals surface area contributed by atoms with Crippen LogP contribution in [0, 0.1) is 0 Å². The molecule has 13 rings (SSSR count). The number of benzene rings is 10. The summed E-state index contributed by atoms with van der Waals surface area (Å²) in [7, 11) is 0. The van der Waals surface area contributed by atoms with Gasteiger partial charge >= 0.3 is 0 Å². The molecule has 0 heteroatoms. The Hall–Kier alpha value is -7.54. The predicted octanol–water partition coefficient (Wildman–Crippen LogP) is 16.4. The third kappa shape index (κ3) is 4.68. The van der Waals surface area contributed by atoms with E-state index in [4.69, 9.17) is 0 Å². The van der Waals surface area contributed by atoms with Crippen LogP contribution in [0.1, 0.15) is 35.1 Å². The average molecular weight is 759 g/mol. The van der Waals surface area contributed by atoms with E-state index in [1.807, 2.05) is 0 Å². The van der Waals surface area contributed by atoms with Crippen molar-refractivity contribution in [2.45, 2.75) is 12.8 Å². The standard InChI is InChI=1S/C60H38/c1-5-17-37(18-6-1)41-31-32-42(38-19-7-2-8-20-38)58-51-35-33-43(45-27-15-29-49(55(45)51)57(41)58)44-34-36-52-56-46(44)28-16-30-50(56)59-53(39-21-9-3-10-22-39)47-25-13-14-26-48(47)54(60(52)59)40-23-11-4-12-24-40/h1-30,33-36H,31-32H2. The van der Waals surface area contributed by atoms with Crippen molar-refractivity contribution in [2.24, 2.45) is 0 Å². The van der Waals surface area contributed by atoms with Gasteiger partial charge < -0.3 is 0 Å². The minimum atomic E-state index is 1.02. The third-order valence-corrected chi connectivity index (χ3v) is 13.5. The number of rotatable bonds is 5. The number of hydrogen-bond acceptors (Lipinski definition) is 0. The van der Waals surface area contributed by atoms with Gasteiger partial charge in [0.25, 0.3) is 0 Å². The summed E-state index contributed by atoms with van der Waals surface area (Å²) in [5, 5.41) is 7.90. The van der Waals surface area contributed by atoms with E-state index in [1.165, 1.54) is 132 Å². The molecule has 0 amide bonds. The van der Waals surface area contributed by atoms with Gasteiger partial charge in [-0.1, -0.05) is 206 Å². The second-order valence-corrected chi connectivity index (χ2v) is 16.5. The molecule has 10 aromatic carbocycles. The minimum absolute atomic E-state index is 1.02. The van der Waals surface area contributed by atoms with Crippen molar-refractivity contribution in [1.82, 2.24) is 0 Å². The Kier molecular flexibility index (Phi) is 7.23. The van der Waals surface area contributed by atoms with Crippen LogP contribution in [0.2, 0.25) is 0 Å². The summed E-state index contributed by atoms with van der Waals surface area (Å²) in [6.07, 6.45) is 2.04. The van der Waals surface area contributed by atoms with Crippen molar-refractivity contribution in [2.75, 3.05) is 0 Å². The monoisotopic (exact) mass is 758 g/mol. The summed E-state index contributed by atoms with van der Waals surface area (Å²) in [5.74, 6) is 0. The molecule has 0 unspecified atom stereocenters. The molecule has 3 aliphatic rings. The fourth-order valence-electron chi connectivity index (χ4n) is 11.2. The molecule has 0 N–H and O–H groups in total. The second-order valence-electron chi connectivity index (χ2n) is 16.5. The Morgan fingerprint density at radius 3 is 1.03 bits per heavy atom. The molecule has 0 heterocycles. The molecule has 0 radical (unpaired) electrons. The molecular formula is C60H38. The van der Waals surface area contributed by atoms with E-state index in [0.29, 0.717) is 0 Å². The zero-order valence-electron chi connectivity index (χ0n) is 33.0. The second kappa shape index (κ2) is 13.0. The fraction of sp³-hybridized carbons (Fsp3) is 0.0333. The molecule has 0 fully saturated rings. The lowest BCUT2D eigenvalue weighted by atomic mass is 9.79. The van der Waals surface area contributed by atoms with Crippen molar-refractivity contribution in [1.29, 1.82) is 0 Å². The highest BCUT2D eigenvalue weighted by molar-refractivity contribution is 6.35. The lowest BCUT2D eigenvalue weighted by Crippen LogP contribution is -2.01. The summed E-state index contributed by atoms with van der Waals surface area (Å²) < 4.78 is 0. The van der Waals surface area contributed by atoms with Crippen molar-refractivity contribution in [3.63, 3.8) is 0 Å². The summed E-state index contributed by atoms with van der Waals surface area (Å²) in [6, 6.07) is 77.0. The maximum absolute atomic E-state index is 2.44. The summed E-state index contributed by atoms with van der Waals surface area (Å²) in [6.45, 7) is 0. The molecule has 278 valence electrons. The normalized spacial score (nSPS) is 13.7. The van der Waals surface area contributed by atoms with Gasteiger partial charge in [-0.2, -0.15) is 0 Å². The molecule has 0 saturated carbocycles.